The summed E-state index contributed by atoms with van der Waals surface area (Å²) in [5.41, 5.74) is 3.63. The zero-order chi connectivity index (χ0) is 35.8. The van der Waals surface area contributed by atoms with Gasteiger partial charge in [0.05, 0.1) is 39.5 Å². The first-order valence-electron chi connectivity index (χ1n) is 16.6. The van der Waals surface area contributed by atoms with Crippen LogP contribution in [0.15, 0.2) is 109 Å². The Kier molecular flexibility index (Phi) is 7.37. The molecule has 3 fully saturated rings. The van der Waals surface area contributed by atoms with Crippen LogP contribution in [0.1, 0.15) is 35.4 Å². The van der Waals surface area contributed by atoms with Crippen LogP contribution in [0.2, 0.25) is 0 Å². The first-order chi connectivity index (χ1) is 24.5. The van der Waals surface area contributed by atoms with Gasteiger partial charge in [-0.1, -0.05) is 77.9 Å². The maximum atomic E-state index is 15.3. The molecular formula is C39H31FN4O7. The minimum Gasteiger partial charge on any atom is -0.505 e. The smallest absolute Gasteiger partial charge is 0.271 e. The van der Waals surface area contributed by atoms with Gasteiger partial charge in [-0.25, -0.2) is 9.29 Å². The highest BCUT2D eigenvalue weighted by atomic mass is 19.1. The number of fused-ring (bicyclic) bond motifs is 4. The van der Waals surface area contributed by atoms with Crippen molar-refractivity contribution in [2.75, 3.05) is 10.3 Å². The molecule has 4 aromatic rings. The SMILES string of the molecule is Cc1ccc(NN2C(=O)[C@@H]3C[C@@H]4C(=CC[C@@H]5C(=O)N(c6cccc([N+](=O)[O-])c6)C(=O)[C@@H]54)[C@H](c4cccc(F)c4O)[C@]3(c3ccccc3)C2=O)cc1. The Morgan fingerprint density at radius 1 is 0.882 bits per heavy atom. The number of amides is 4. The molecule has 2 saturated heterocycles. The van der Waals surface area contributed by atoms with Crippen molar-refractivity contribution in [3.63, 3.8) is 0 Å². The molecule has 0 bridgehead atoms. The molecule has 12 heteroatoms. The molecule has 1 saturated carbocycles. The summed E-state index contributed by atoms with van der Waals surface area (Å²) in [7, 11) is 0. The number of carbonyl (C=O) groups excluding carboxylic acids is 4. The van der Waals surface area contributed by atoms with E-state index in [1.807, 2.05) is 19.1 Å². The normalized spacial score (nSPS) is 26.8. The molecule has 6 atom stereocenters. The number of nitrogens with one attached hydrogen (secondary N) is 1. The number of benzene rings is 4. The second kappa shape index (κ2) is 11.7. The molecule has 4 aromatic carbocycles. The molecule has 8 rings (SSSR count). The Morgan fingerprint density at radius 3 is 2.33 bits per heavy atom. The van der Waals surface area contributed by atoms with Crippen molar-refractivity contribution in [3.05, 3.63) is 141 Å². The number of imide groups is 2. The van der Waals surface area contributed by atoms with Gasteiger partial charge in [-0.05, 0) is 55.5 Å². The van der Waals surface area contributed by atoms with Gasteiger partial charge in [0.2, 0.25) is 11.8 Å². The fourth-order valence-electron chi connectivity index (χ4n) is 8.86. The van der Waals surface area contributed by atoms with Crippen molar-refractivity contribution < 1.29 is 33.6 Å². The number of aryl methyl sites for hydroxylation is 1. The number of rotatable bonds is 6. The molecule has 51 heavy (non-hydrogen) atoms. The summed E-state index contributed by atoms with van der Waals surface area (Å²) < 4.78 is 15.3. The number of aromatic hydroxyl groups is 1. The minimum atomic E-state index is -1.68. The Bertz CT molecular complexity index is 2190. The third-order valence-electron chi connectivity index (χ3n) is 11.0. The zero-order valence-electron chi connectivity index (χ0n) is 27.2. The number of hydrazine groups is 1. The summed E-state index contributed by atoms with van der Waals surface area (Å²) in [4.78, 5) is 70.1. The number of para-hydroxylation sites is 1. The van der Waals surface area contributed by atoms with E-state index in [9.17, 15) is 29.6 Å². The van der Waals surface area contributed by atoms with Crippen LogP contribution in [0, 0.1) is 46.5 Å². The fraction of sp³-hybridized carbons (Fsp3) is 0.231. The number of hydrogen-bond acceptors (Lipinski definition) is 8. The Labute approximate surface area is 291 Å². The van der Waals surface area contributed by atoms with Gasteiger partial charge in [-0.15, -0.1) is 0 Å². The number of carbonyl (C=O) groups is 4. The summed E-state index contributed by atoms with van der Waals surface area (Å²) in [5, 5.41) is 23.9. The van der Waals surface area contributed by atoms with Crippen LogP contribution >= 0.6 is 0 Å². The van der Waals surface area contributed by atoms with Gasteiger partial charge >= 0.3 is 0 Å². The Balaban J connectivity index is 1.31. The van der Waals surface area contributed by atoms with Gasteiger partial charge in [-0.2, -0.15) is 5.01 Å². The van der Waals surface area contributed by atoms with Crippen LogP contribution in [-0.2, 0) is 24.6 Å². The van der Waals surface area contributed by atoms with Crippen LogP contribution < -0.4 is 10.3 Å². The summed E-state index contributed by atoms with van der Waals surface area (Å²) in [6, 6.07) is 25.2. The van der Waals surface area contributed by atoms with Crippen molar-refractivity contribution >= 4 is 40.7 Å². The average molecular weight is 687 g/mol. The maximum absolute atomic E-state index is 15.3. The van der Waals surface area contributed by atoms with E-state index in [0.717, 1.165) is 21.5 Å². The van der Waals surface area contributed by atoms with Crippen LogP contribution in [0.4, 0.5) is 21.5 Å². The molecular weight excluding hydrogens is 655 g/mol. The molecule has 0 aromatic heterocycles. The molecule has 11 nitrogen and oxygen atoms in total. The van der Waals surface area contributed by atoms with E-state index < -0.39 is 75.1 Å². The minimum absolute atomic E-state index is 0.00702. The number of non-ortho nitro benzene ring substituents is 1. The number of nitro groups is 1. The van der Waals surface area contributed by atoms with Crippen molar-refractivity contribution in [1.82, 2.24) is 5.01 Å². The summed E-state index contributed by atoms with van der Waals surface area (Å²) in [6.07, 6.45) is 1.87. The third-order valence-corrected chi connectivity index (χ3v) is 11.0. The van der Waals surface area contributed by atoms with Crippen molar-refractivity contribution in [3.8, 4) is 5.75 Å². The number of hydrogen-bond donors (Lipinski definition) is 2. The first kappa shape index (κ1) is 32.1. The number of phenolic OH excluding ortho intramolecular Hbond substituents is 1. The topological polar surface area (TPSA) is 150 Å². The number of phenols is 1. The number of anilines is 2. The van der Waals surface area contributed by atoms with Crippen molar-refractivity contribution in [2.24, 2.45) is 23.7 Å². The van der Waals surface area contributed by atoms with E-state index in [0.29, 0.717) is 16.8 Å². The highest BCUT2D eigenvalue weighted by Crippen LogP contribution is 2.65. The molecule has 2 N–H and O–H groups in total. The van der Waals surface area contributed by atoms with Crippen LogP contribution in [0.25, 0.3) is 0 Å². The standard InChI is InChI=1S/C39H31FN4O7/c1-21-13-15-23(16-14-21)41-43-36(47)30-20-29-26(17-18-27-32(29)37(48)42(35(27)46)24-9-5-10-25(19-24)44(50)51)33(28-11-6-12-31(40)34(28)45)39(30,38(43)49)22-7-3-2-4-8-22/h2-17,19,27,29-30,32-33,41,45H,18,20H2,1H3/t27-,29+,30-,32-,33+,39+/m0/s1. The summed E-state index contributed by atoms with van der Waals surface area (Å²) >= 11 is 0. The van der Waals surface area contributed by atoms with E-state index in [1.165, 1.54) is 36.4 Å². The van der Waals surface area contributed by atoms with Crippen LogP contribution in [0.5, 0.6) is 5.75 Å². The maximum Gasteiger partial charge on any atom is 0.271 e. The van der Waals surface area contributed by atoms with Gasteiger partial charge in [0.25, 0.3) is 17.5 Å². The van der Waals surface area contributed by atoms with Gasteiger partial charge in [-0.3, -0.25) is 34.7 Å². The molecule has 2 heterocycles. The lowest BCUT2D eigenvalue weighted by molar-refractivity contribution is -0.384. The van der Waals surface area contributed by atoms with Gasteiger partial charge < -0.3 is 5.11 Å². The predicted octanol–water partition coefficient (Wildman–Crippen LogP) is 5.94. The lowest BCUT2D eigenvalue weighted by atomic mass is 9.49. The van der Waals surface area contributed by atoms with E-state index >= 15 is 9.18 Å². The van der Waals surface area contributed by atoms with Crippen molar-refractivity contribution in [2.45, 2.75) is 31.1 Å². The zero-order valence-corrected chi connectivity index (χ0v) is 27.2. The lowest BCUT2D eigenvalue weighted by Gasteiger charge is -2.50. The molecule has 0 spiro atoms. The molecule has 0 unspecified atom stereocenters. The van der Waals surface area contributed by atoms with Crippen molar-refractivity contribution in [1.29, 1.82) is 0 Å². The van der Waals surface area contributed by atoms with E-state index in [-0.39, 0.29) is 29.8 Å². The molecule has 2 aliphatic heterocycles. The second-order valence-electron chi connectivity index (χ2n) is 13.6. The lowest BCUT2D eigenvalue weighted by Crippen LogP contribution is -2.53. The summed E-state index contributed by atoms with van der Waals surface area (Å²) in [6.45, 7) is 1.91. The van der Waals surface area contributed by atoms with E-state index in [2.05, 4.69) is 5.43 Å². The molecule has 0 radical (unpaired) electrons. The average Bonchev–Trinajstić information content (AvgIpc) is 3.51. The van der Waals surface area contributed by atoms with Crippen LogP contribution in [-0.4, -0.2) is 38.7 Å². The molecule has 4 amide bonds. The first-order valence-corrected chi connectivity index (χ1v) is 16.6. The largest absolute Gasteiger partial charge is 0.505 e. The Hall–Kier alpha value is -6.17. The van der Waals surface area contributed by atoms with Gasteiger partial charge in [0, 0.05) is 23.6 Å². The monoisotopic (exact) mass is 686 g/mol. The van der Waals surface area contributed by atoms with Crippen LogP contribution in [0.3, 0.4) is 0 Å². The number of allylic oxidation sites excluding steroid dienone is 2. The predicted molar refractivity (Wildman–Crippen MR) is 182 cm³/mol. The summed E-state index contributed by atoms with van der Waals surface area (Å²) in [5.74, 6) is -8.69. The van der Waals surface area contributed by atoms with E-state index in [4.69, 9.17) is 0 Å². The number of halogens is 1. The quantitative estimate of drug-likeness (QED) is 0.110. The van der Waals surface area contributed by atoms with Gasteiger partial charge in [0.15, 0.2) is 11.6 Å². The molecule has 4 aliphatic rings. The molecule has 256 valence electrons. The fourth-order valence-corrected chi connectivity index (χ4v) is 8.86. The second-order valence-corrected chi connectivity index (χ2v) is 13.6. The van der Waals surface area contributed by atoms with E-state index in [1.54, 1.807) is 48.5 Å². The third kappa shape index (κ3) is 4.62. The Morgan fingerprint density at radius 2 is 1.61 bits per heavy atom. The molecule has 2 aliphatic carbocycles. The number of nitrogens with zero attached hydrogens (tertiary/aromatic N) is 3. The number of nitro benzene ring substituents is 1. The van der Waals surface area contributed by atoms with Gasteiger partial charge in [0.1, 0.15) is 0 Å². The highest BCUT2D eigenvalue weighted by molar-refractivity contribution is 6.22. The highest BCUT2D eigenvalue weighted by Gasteiger charge is 2.70.